The van der Waals surface area contributed by atoms with Crippen molar-refractivity contribution >= 4 is 27.2 Å². The van der Waals surface area contributed by atoms with E-state index < -0.39 is 6.10 Å². The van der Waals surface area contributed by atoms with Crippen molar-refractivity contribution in [2.45, 2.75) is 13.0 Å². The number of hydrogen-bond donors (Lipinski definition) is 2. The number of nitrogens with one attached hydrogen (secondary N) is 1. The first-order valence-corrected chi connectivity index (χ1v) is 6.50. The van der Waals surface area contributed by atoms with Crippen molar-refractivity contribution in [2.24, 2.45) is 0 Å². The minimum Gasteiger partial charge on any atom is -0.389 e. The normalized spacial score (nSPS) is 12.8. The number of aromatic nitrogens is 1. The zero-order valence-electron chi connectivity index (χ0n) is 9.72. The van der Waals surface area contributed by atoms with Gasteiger partial charge < -0.3 is 15.2 Å². The van der Waals surface area contributed by atoms with E-state index in [2.05, 4.69) is 10.3 Å². The third kappa shape index (κ3) is 3.39. The maximum atomic E-state index is 9.62. The van der Waals surface area contributed by atoms with Gasteiger partial charge >= 0.3 is 0 Å². The zero-order valence-corrected chi connectivity index (χ0v) is 10.5. The van der Waals surface area contributed by atoms with Crippen LogP contribution >= 0.6 is 11.3 Å². The van der Waals surface area contributed by atoms with E-state index in [4.69, 9.17) is 4.74 Å². The van der Waals surface area contributed by atoms with Gasteiger partial charge in [-0.05, 0) is 25.1 Å². The van der Waals surface area contributed by atoms with Crippen LogP contribution in [0.3, 0.4) is 0 Å². The van der Waals surface area contributed by atoms with E-state index in [1.54, 1.807) is 11.3 Å². The van der Waals surface area contributed by atoms with E-state index in [0.29, 0.717) is 19.8 Å². The minimum atomic E-state index is -0.480. The number of aliphatic hydroxyl groups excluding tert-OH is 1. The second-order valence-electron chi connectivity index (χ2n) is 3.73. The van der Waals surface area contributed by atoms with E-state index in [9.17, 15) is 5.11 Å². The van der Waals surface area contributed by atoms with Crippen LogP contribution in [-0.2, 0) is 4.74 Å². The summed E-state index contributed by atoms with van der Waals surface area (Å²) < 4.78 is 6.29. The molecule has 2 rings (SSSR count). The number of thiazole rings is 1. The number of aliphatic hydroxyl groups is 1. The van der Waals surface area contributed by atoms with E-state index in [1.807, 2.05) is 30.6 Å². The summed E-state index contributed by atoms with van der Waals surface area (Å²) in [4.78, 5) is 4.22. The van der Waals surface area contributed by atoms with Crippen molar-refractivity contribution in [3.05, 3.63) is 23.7 Å². The second-order valence-corrected chi connectivity index (χ2v) is 4.62. The first-order chi connectivity index (χ1) is 8.29. The Morgan fingerprint density at radius 2 is 2.41 bits per heavy atom. The van der Waals surface area contributed by atoms with Gasteiger partial charge in [0.05, 0.1) is 28.4 Å². The molecular weight excluding hydrogens is 236 g/mol. The predicted octanol–water partition coefficient (Wildman–Crippen LogP) is 2.11. The smallest absolute Gasteiger partial charge is 0.0945 e. The van der Waals surface area contributed by atoms with E-state index in [-0.39, 0.29) is 0 Å². The molecule has 2 N–H and O–H groups in total. The highest BCUT2D eigenvalue weighted by Gasteiger charge is 2.04. The Labute approximate surface area is 104 Å². The summed E-state index contributed by atoms with van der Waals surface area (Å²) in [5.41, 5.74) is 3.84. The van der Waals surface area contributed by atoms with Gasteiger partial charge in [0.2, 0.25) is 0 Å². The first-order valence-electron chi connectivity index (χ1n) is 5.62. The van der Waals surface area contributed by atoms with Gasteiger partial charge in [-0.2, -0.15) is 0 Å². The van der Waals surface area contributed by atoms with Gasteiger partial charge in [0, 0.05) is 18.8 Å². The van der Waals surface area contributed by atoms with Gasteiger partial charge in [0.15, 0.2) is 0 Å². The zero-order chi connectivity index (χ0) is 12.1. The lowest BCUT2D eigenvalue weighted by atomic mass is 10.3. The molecule has 1 unspecified atom stereocenters. The Balaban J connectivity index is 1.89. The van der Waals surface area contributed by atoms with Crippen LogP contribution in [0.2, 0.25) is 0 Å². The van der Waals surface area contributed by atoms with Crippen molar-refractivity contribution in [1.29, 1.82) is 0 Å². The third-order valence-corrected chi connectivity index (χ3v) is 3.18. The summed E-state index contributed by atoms with van der Waals surface area (Å²) in [5.74, 6) is 0. The highest BCUT2D eigenvalue weighted by Crippen LogP contribution is 2.21. The van der Waals surface area contributed by atoms with Crippen LogP contribution in [0.4, 0.5) is 5.69 Å². The van der Waals surface area contributed by atoms with Crippen LogP contribution in [-0.4, -0.2) is 36.0 Å². The molecule has 0 spiro atoms. The fourth-order valence-corrected chi connectivity index (χ4v) is 2.23. The molecule has 2 aromatic rings. The lowest BCUT2D eigenvalue weighted by molar-refractivity contribution is 0.0496. The van der Waals surface area contributed by atoms with Gasteiger partial charge in [-0.3, -0.25) is 0 Å². The van der Waals surface area contributed by atoms with E-state index >= 15 is 0 Å². The molecule has 0 fully saturated rings. The molecule has 1 heterocycles. The Morgan fingerprint density at radius 1 is 1.53 bits per heavy atom. The quantitative estimate of drug-likeness (QED) is 0.826. The summed E-state index contributed by atoms with van der Waals surface area (Å²) in [6, 6.07) is 5.99. The molecule has 0 saturated heterocycles. The molecule has 0 amide bonds. The number of hydrogen-bond acceptors (Lipinski definition) is 5. The van der Waals surface area contributed by atoms with Crippen LogP contribution in [0, 0.1) is 0 Å². The van der Waals surface area contributed by atoms with Crippen LogP contribution in [0.15, 0.2) is 23.7 Å². The molecule has 0 bridgehead atoms. The van der Waals surface area contributed by atoms with Gasteiger partial charge in [-0.15, -0.1) is 11.3 Å². The molecule has 0 aliphatic rings. The number of anilines is 1. The fourth-order valence-electron chi connectivity index (χ4n) is 1.51. The largest absolute Gasteiger partial charge is 0.389 e. The average molecular weight is 252 g/mol. The highest BCUT2D eigenvalue weighted by molar-refractivity contribution is 7.16. The van der Waals surface area contributed by atoms with Crippen molar-refractivity contribution in [2.75, 3.05) is 25.1 Å². The molecule has 0 saturated carbocycles. The molecule has 17 heavy (non-hydrogen) atoms. The SMILES string of the molecule is CCOCC(O)CNc1ccc2ncsc2c1. The van der Waals surface area contributed by atoms with Crippen LogP contribution < -0.4 is 5.32 Å². The van der Waals surface area contributed by atoms with Gasteiger partial charge in [-0.25, -0.2) is 4.98 Å². The number of fused-ring (bicyclic) bond motifs is 1. The maximum Gasteiger partial charge on any atom is 0.0945 e. The van der Waals surface area contributed by atoms with Crippen molar-refractivity contribution in [3.8, 4) is 0 Å². The maximum absolute atomic E-state index is 9.62. The fraction of sp³-hybridized carbons (Fsp3) is 0.417. The Morgan fingerprint density at radius 3 is 3.24 bits per heavy atom. The van der Waals surface area contributed by atoms with E-state index in [0.717, 1.165) is 15.9 Å². The van der Waals surface area contributed by atoms with E-state index in [1.165, 1.54) is 0 Å². The molecule has 1 aromatic heterocycles. The summed E-state index contributed by atoms with van der Waals surface area (Å²) in [7, 11) is 0. The van der Waals surface area contributed by atoms with Crippen LogP contribution in [0.5, 0.6) is 0 Å². The van der Waals surface area contributed by atoms with Crippen molar-refractivity contribution in [1.82, 2.24) is 4.98 Å². The Bertz CT molecular complexity index is 472. The summed E-state index contributed by atoms with van der Waals surface area (Å²) in [6.07, 6.45) is -0.480. The van der Waals surface area contributed by atoms with Gasteiger partial charge in [0.1, 0.15) is 0 Å². The molecule has 92 valence electrons. The standard InChI is InChI=1S/C12H16N2O2S/c1-2-16-7-10(15)6-13-9-3-4-11-12(5-9)17-8-14-11/h3-5,8,10,13,15H,2,6-7H2,1H3. The summed E-state index contributed by atoms with van der Waals surface area (Å²) in [5, 5.41) is 12.8. The number of nitrogens with zero attached hydrogens (tertiary/aromatic N) is 1. The minimum absolute atomic E-state index is 0.367. The molecule has 0 radical (unpaired) electrons. The van der Waals surface area contributed by atoms with Gasteiger partial charge in [0.25, 0.3) is 0 Å². The monoisotopic (exact) mass is 252 g/mol. The number of ether oxygens (including phenoxy) is 1. The topological polar surface area (TPSA) is 54.4 Å². The van der Waals surface area contributed by atoms with Gasteiger partial charge in [-0.1, -0.05) is 0 Å². The molecule has 1 atom stereocenters. The van der Waals surface area contributed by atoms with Crippen molar-refractivity contribution in [3.63, 3.8) is 0 Å². The Kier molecular flexibility index (Phi) is 4.30. The molecule has 4 nitrogen and oxygen atoms in total. The summed E-state index contributed by atoms with van der Waals surface area (Å²) >= 11 is 1.61. The number of benzene rings is 1. The van der Waals surface area contributed by atoms with Crippen LogP contribution in [0.25, 0.3) is 10.2 Å². The molecule has 0 aliphatic carbocycles. The predicted molar refractivity (Wildman–Crippen MR) is 70.6 cm³/mol. The average Bonchev–Trinajstić information content (AvgIpc) is 2.81. The first kappa shape index (κ1) is 12.3. The van der Waals surface area contributed by atoms with Crippen molar-refractivity contribution < 1.29 is 9.84 Å². The lowest BCUT2D eigenvalue weighted by Gasteiger charge is -2.12. The molecule has 0 aliphatic heterocycles. The molecule has 1 aromatic carbocycles. The Hall–Kier alpha value is -1.17. The lowest BCUT2D eigenvalue weighted by Crippen LogP contribution is -2.24. The molecule has 5 heteroatoms. The molecular formula is C12H16N2O2S. The third-order valence-electron chi connectivity index (χ3n) is 2.39. The highest BCUT2D eigenvalue weighted by atomic mass is 32.1. The number of rotatable bonds is 6. The summed E-state index contributed by atoms with van der Waals surface area (Å²) in [6.45, 7) is 3.40. The van der Waals surface area contributed by atoms with Crippen LogP contribution in [0.1, 0.15) is 6.92 Å². The second kappa shape index (κ2) is 5.95.